The molecule has 0 unspecified atom stereocenters. The van der Waals surface area contributed by atoms with Crippen molar-refractivity contribution in [3.63, 3.8) is 0 Å². The number of nitrogens with zero attached hydrogens (tertiary/aromatic N) is 4. The van der Waals surface area contributed by atoms with Crippen LogP contribution < -0.4 is 16.6 Å². The van der Waals surface area contributed by atoms with Crippen LogP contribution in [0.5, 0.6) is 0 Å². The minimum Gasteiger partial charge on any atom is -0.350 e. The van der Waals surface area contributed by atoms with Gasteiger partial charge in [0.15, 0.2) is 11.2 Å². The molecule has 0 spiro atoms. The Morgan fingerprint density at radius 2 is 2.00 bits per heavy atom. The number of amides is 1. The van der Waals surface area contributed by atoms with E-state index in [1.165, 1.54) is 29.6 Å². The maximum atomic E-state index is 12.3. The predicted molar refractivity (Wildman–Crippen MR) is 93.5 cm³/mol. The van der Waals surface area contributed by atoms with Gasteiger partial charge in [-0.05, 0) is 17.7 Å². The zero-order valence-corrected chi connectivity index (χ0v) is 14.4. The molecule has 0 saturated carbocycles. The van der Waals surface area contributed by atoms with Gasteiger partial charge in [0.25, 0.3) is 5.56 Å². The molecule has 3 aromatic rings. The van der Waals surface area contributed by atoms with E-state index in [0.29, 0.717) is 11.6 Å². The van der Waals surface area contributed by atoms with Gasteiger partial charge in [0.1, 0.15) is 6.54 Å². The largest absolute Gasteiger partial charge is 0.350 e. The van der Waals surface area contributed by atoms with Gasteiger partial charge in [-0.3, -0.25) is 18.7 Å². The summed E-state index contributed by atoms with van der Waals surface area (Å²) in [5, 5.41) is 3.36. The second-order valence-corrected chi connectivity index (χ2v) is 6.09. The molecule has 130 valence electrons. The number of carbonyl (C=O) groups excluding carboxylic acids is 1. The lowest BCUT2D eigenvalue weighted by molar-refractivity contribution is -0.121. The molecule has 2 aromatic heterocycles. The number of halogens is 1. The van der Waals surface area contributed by atoms with Crippen LogP contribution in [-0.2, 0) is 32.0 Å². The summed E-state index contributed by atoms with van der Waals surface area (Å²) in [6, 6.07) is 7.17. The van der Waals surface area contributed by atoms with Gasteiger partial charge in [-0.25, -0.2) is 9.78 Å². The summed E-state index contributed by atoms with van der Waals surface area (Å²) >= 11 is 5.91. The summed E-state index contributed by atoms with van der Waals surface area (Å²) in [5.41, 5.74) is 0.374. The minimum atomic E-state index is -0.488. The third kappa shape index (κ3) is 3.20. The minimum absolute atomic E-state index is 0.0789. The summed E-state index contributed by atoms with van der Waals surface area (Å²) in [7, 11) is 2.92. The molecule has 0 aliphatic rings. The number of aryl methyl sites for hydroxylation is 1. The number of imidazole rings is 1. The molecule has 9 heteroatoms. The van der Waals surface area contributed by atoms with Gasteiger partial charge in [0, 0.05) is 25.7 Å². The van der Waals surface area contributed by atoms with E-state index in [4.69, 9.17) is 11.6 Å². The SMILES string of the molecule is Cn1c(=O)c2c(ncn2CC(=O)NCc2cccc(Cl)c2)n(C)c1=O. The number of carbonyl (C=O) groups is 1. The van der Waals surface area contributed by atoms with Crippen molar-refractivity contribution in [1.29, 1.82) is 0 Å². The Morgan fingerprint density at radius 3 is 2.72 bits per heavy atom. The average molecular weight is 362 g/mol. The molecule has 0 saturated heterocycles. The van der Waals surface area contributed by atoms with Gasteiger partial charge in [-0.1, -0.05) is 23.7 Å². The zero-order chi connectivity index (χ0) is 18.1. The Kier molecular flexibility index (Phi) is 4.45. The van der Waals surface area contributed by atoms with Crippen LogP contribution >= 0.6 is 11.6 Å². The third-order valence-electron chi connectivity index (χ3n) is 3.91. The van der Waals surface area contributed by atoms with E-state index in [2.05, 4.69) is 10.3 Å². The standard InChI is InChI=1S/C16H16ClN5O3/c1-20-14-13(15(24)21(2)16(20)25)22(9-19-14)8-12(23)18-7-10-4-3-5-11(17)6-10/h3-6,9H,7-8H2,1-2H3,(H,18,23). The third-order valence-corrected chi connectivity index (χ3v) is 4.14. The number of aromatic nitrogens is 4. The van der Waals surface area contributed by atoms with Crippen LogP contribution in [0.3, 0.4) is 0 Å². The van der Waals surface area contributed by atoms with Gasteiger partial charge < -0.3 is 9.88 Å². The quantitative estimate of drug-likeness (QED) is 0.728. The molecule has 1 aromatic carbocycles. The van der Waals surface area contributed by atoms with E-state index in [1.807, 2.05) is 6.07 Å². The summed E-state index contributed by atoms with van der Waals surface area (Å²) in [6.45, 7) is 0.243. The molecule has 25 heavy (non-hydrogen) atoms. The first-order chi connectivity index (χ1) is 11.9. The second-order valence-electron chi connectivity index (χ2n) is 5.66. The van der Waals surface area contributed by atoms with Gasteiger partial charge >= 0.3 is 5.69 Å². The van der Waals surface area contributed by atoms with Crippen molar-refractivity contribution in [2.75, 3.05) is 0 Å². The van der Waals surface area contributed by atoms with E-state index in [1.54, 1.807) is 18.2 Å². The Bertz CT molecular complexity index is 1080. The van der Waals surface area contributed by atoms with Crippen LogP contribution in [0.4, 0.5) is 0 Å². The smallest absolute Gasteiger partial charge is 0.332 e. The lowest BCUT2D eigenvalue weighted by atomic mass is 10.2. The number of nitrogens with one attached hydrogen (secondary N) is 1. The molecule has 0 aliphatic carbocycles. The number of benzene rings is 1. The highest BCUT2D eigenvalue weighted by Crippen LogP contribution is 2.10. The molecule has 0 radical (unpaired) electrons. The summed E-state index contributed by atoms with van der Waals surface area (Å²) in [6.07, 6.45) is 1.38. The van der Waals surface area contributed by atoms with Gasteiger partial charge in [0.05, 0.1) is 6.33 Å². The maximum Gasteiger partial charge on any atom is 0.332 e. The van der Waals surface area contributed by atoms with Crippen molar-refractivity contribution < 1.29 is 4.79 Å². The molecule has 0 atom stereocenters. The topological polar surface area (TPSA) is 90.9 Å². The summed E-state index contributed by atoms with van der Waals surface area (Å²) in [4.78, 5) is 40.5. The Hall–Kier alpha value is -2.87. The van der Waals surface area contributed by atoms with Crippen LogP contribution in [-0.4, -0.2) is 24.6 Å². The van der Waals surface area contributed by atoms with E-state index in [-0.39, 0.29) is 23.6 Å². The normalized spacial score (nSPS) is 11.0. The zero-order valence-electron chi connectivity index (χ0n) is 13.7. The maximum absolute atomic E-state index is 12.3. The molecule has 8 nitrogen and oxygen atoms in total. The summed E-state index contributed by atoms with van der Waals surface area (Å²) < 4.78 is 3.70. The highest BCUT2D eigenvalue weighted by atomic mass is 35.5. The monoisotopic (exact) mass is 361 g/mol. The fourth-order valence-corrected chi connectivity index (χ4v) is 2.79. The van der Waals surface area contributed by atoms with Crippen molar-refractivity contribution in [1.82, 2.24) is 24.0 Å². The first-order valence-corrected chi connectivity index (χ1v) is 7.88. The van der Waals surface area contributed by atoms with Crippen LogP contribution in [0.25, 0.3) is 11.2 Å². The lowest BCUT2D eigenvalue weighted by Gasteiger charge is -2.08. The lowest BCUT2D eigenvalue weighted by Crippen LogP contribution is -2.38. The molecule has 0 aliphatic heterocycles. The van der Waals surface area contributed by atoms with Gasteiger partial charge in [-0.15, -0.1) is 0 Å². The molecular weight excluding hydrogens is 346 g/mol. The van der Waals surface area contributed by atoms with Crippen molar-refractivity contribution in [3.8, 4) is 0 Å². The van der Waals surface area contributed by atoms with E-state index in [9.17, 15) is 14.4 Å². The van der Waals surface area contributed by atoms with Crippen LogP contribution in [0.15, 0.2) is 40.2 Å². The van der Waals surface area contributed by atoms with Crippen LogP contribution in [0, 0.1) is 0 Å². The molecule has 1 N–H and O–H groups in total. The van der Waals surface area contributed by atoms with E-state index in [0.717, 1.165) is 10.1 Å². The highest BCUT2D eigenvalue weighted by Gasteiger charge is 2.15. The fraction of sp³-hybridized carbons (Fsp3) is 0.250. The summed E-state index contributed by atoms with van der Waals surface area (Å²) in [5.74, 6) is -0.282. The molecule has 2 heterocycles. The Morgan fingerprint density at radius 1 is 1.24 bits per heavy atom. The number of hydrogen-bond donors (Lipinski definition) is 1. The molecular formula is C16H16ClN5O3. The number of fused-ring (bicyclic) bond motifs is 1. The van der Waals surface area contributed by atoms with Crippen molar-refractivity contribution >= 4 is 28.7 Å². The Labute approximate surface area is 147 Å². The molecule has 3 rings (SSSR count). The van der Waals surface area contributed by atoms with Crippen LogP contribution in [0.2, 0.25) is 5.02 Å². The molecule has 0 fully saturated rings. The molecule has 1 amide bonds. The van der Waals surface area contributed by atoms with Crippen molar-refractivity contribution in [3.05, 3.63) is 62.0 Å². The highest BCUT2D eigenvalue weighted by molar-refractivity contribution is 6.30. The number of hydrogen-bond acceptors (Lipinski definition) is 4. The average Bonchev–Trinajstić information content (AvgIpc) is 3.00. The van der Waals surface area contributed by atoms with Crippen LogP contribution in [0.1, 0.15) is 5.56 Å². The Balaban J connectivity index is 1.82. The molecule has 0 bridgehead atoms. The van der Waals surface area contributed by atoms with Crippen molar-refractivity contribution in [2.45, 2.75) is 13.1 Å². The number of rotatable bonds is 4. The first kappa shape index (κ1) is 17.0. The van der Waals surface area contributed by atoms with Gasteiger partial charge in [0.2, 0.25) is 5.91 Å². The second kappa shape index (κ2) is 6.56. The predicted octanol–water partition coefficient (Wildman–Crippen LogP) is 0.403. The van der Waals surface area contributed by atoms with Crippen molar-refractivity contribution in [2.24, 2.45) is 14.1 Å². The van der Waals surface area contributed by atoms with Gasteiger partial charge in [-0.2, -0.15) is 0 Å². The fourth-order valence-electron chi connectivity index (χ4n) is 2.58. The van der Waals surface area contributed by atoms with E-state index < -0.39 is 11.2 Å². The first-order valence-electron chi connectivity index (χ1n) is 7.50. The van der Waals surface area contributed by atoms with E-state index >= 15 is 0 Å².